The van der Waals surface area contributed by atoms with Crippen LogP contribution in [0.1, 0.15) is 12.0 Å². The van der Waals surface area contributed by atoms with E-state index in [-0.39, 0.29) is 21.7 Å². The molecule has 0 unspecified atom stereocenters. The Bertz CT molecular complexity index is 1200. The number of anilines is 1. The average molecular weight is 423 g/mol. The molecule has 0 bridgehead atoms. The van der Waals surface area contributed by atoms with E-state index in [4.69, 9.17) is 4.42 Å². The molecule has 2 heterocycles. The highest BCUT2D eigenvalue weighted by Gasteiger charge is 2.28. The number of aromatic nitrogens is 3. The lowest BCUT2D eigenvalue weighted by atomic mass is 10.1. The Labute approximate surface area is 175 Å². The minimum atomic E-state index is -3.83. The van der Waals surface area contributed by atoms with E-state index in [1.807, 2.05) is 42.0 Å². The predicted octanol–water partition coefficient (Wildman–Crippen LogP) is 4.18. The number of sulfone groups is 1. The maximum Gasteiger partial charge on any atom is 0.233 e. The van der Waals surface area contributed by atoms with Crippen LogP contribution in [0, 0.1) is 6.92 Å². The van der Waals surface area contributed by atoms with Gasteiger partial charge in [-0.3, -0.25) is 0 Å². The van der Waals surface area contributed by atoms with Crippen LogP contribution in [0.4, 0.5) is 5.88 Å². The summed E-state index contributed by atoms with van der Waals surface area (Å²) < 4.78 is 34.2. The van der Waals surface area contributed by atoms with E-state index in [9.17, 15) is 8.42 Å². The third-order valence-electron chi connectivity index (χ3n) is 4.64. The monoisotopic (exact) mass is 422 g/mol. The van der Waals surface area contributed by atoms with Crippen molar-refractivity contribution >= 4 is 15.7 Å². The second-order valence-corrected chi connectivity index (χ2v) is 8.78. The number of nitrogens with one attached hydrogen (secondary N) is 1. The van der Waals surface area contributed by atoms with Crippen molar-refractivity contribution in [3.63, 3.8) is 0 Å². The highest BCUT2D eigenvalue weighted by Crippen LogP contribution is 2.32. The highest BCUT2D eigenvalue weighted by molar-refractivity contribution is 7.91. The predicted molar refractivity (Wildman–Crippen MR) is 114 cm³/mol. The third kappa shape index (κ3) is 4.28. The maximum absolute atomic E-state index is 13.2. The molecule has 1 N–H and O–H groups in total. The topological polar surface area (TPSA) is 90.0 Å². The molecule has 30 heavy (non-hydrogen) atoms. The van der Waals surface area contributed by atoms with Crippen LogP contribution in [0.5, 0.6) is 0 Å². The quantitative estimate of drug-likeness (QED) is 0.429. The molecule has 4 rings (SSSR count). The molecule has 2 aromatic carbocycles. The largest absolute Gasteiger partial charge is 0.419 e. The van der Waals surface area contributed by atoms with E-state index >= 15 is 0 Å². The second-order valence-electron chi connectivity index (χ2n) is 6.92. The molecule has 8 heteroatoms. The third-order valence-corrected chi connectivity index (χ3v) is 6.32. The number of nitrogens with zero attached hydrogens (tertiary/aromatic N) is 3. The van der Waals surface area contributed by atoms with Gasteiger partial charge >= 0.3 is 0 Å². The lowest BCUT2D eigenvalue weighted by molar-refractivity contribution is 0.571. The fourth-order valence-electron chi connectivity index (χ4n) is 3.01. The van der Waals surface area contributed by atoms with Crippen molar-refractivity contribution in [2.75, 3.05) is 11.9 Å². The summed E-state index contributed by atoms with van der Waals surface area (Å²) in [5.41, 5.74) is 1.82. The van der Waals surface area contributed by atoms with E-state index in [2.05, 4.69) is 15.3 Å². The van der Waals surface area contributed by atoms with E-state index in [0.717, 1.165) is 24.1 Å². The summed E-state index contributed by atoms with van der Waals surface area (Å²) >= 11 is 0. The fraction of sp³-hybridized carbons (Fsp3) is 0.182. The molecule has 0 radical (unpaired) electrons. The van der Waals surface area contributed by atoms with Gasteiger partial charge in [-0.25, -0.2) is 13.4 Å². The average Bonchev–Trinajstić information content (AvgIpc) is 3.43. The Kier molecular flexibility index (Phi) is 5.67. The minimum Gasteiger partial charge on any atom is -0.419 e. The molecule has 0 atom stereocenters. The number of benzene rings is 2. The van der Waals surface area contributed by atoms with Crippen LogP contribution in [0.2, 0.25) is 0 Å². The summed E-state index contributed by atoms with van der Waals surface area (Å²) in [4.78, 5) is 8.55. The summed E-state index contributed by atoms with van der Waals surface area (Å²) in [7, 11) is -3.83. The first-order chi connectivity index (χ1) is 14.5. The van der Waals surface area contributed by atoms with E-state index < -0.39 is 9.84 Å². The maximum atomic E-state index is 13.2. The number of hydrogen-bond acceptors (Lipinski definition) is 6. The number of oxazole rings is 1. The van der Waals surface area contributed by atoms with Crippen molar-refractivity contribution < 1.29 is 12.8 Å². The van der Waals surface area contributed by atoms with Crippen molar-refractivity contribution in [2.45, 2.75) is 29.8 Å². The Morgan fingerprint density at radius 2 is 1.83 bits per heavy atom. The van der Waals surface area contributed by atoms with Crippen molar-refractivity contribution in [1.29, 1.82) is 0 Å². The standard InChI is InChI=1S/C22H22N4O3S/c1-17-8-10-18(11-9-17)20-25-22(30(27,28)19-6-3-2-4-7-19)21(29-20)24-12-5-14-26-15-13-23-16-26/h2-4,6-11,13,15-16,24H,5,12,14H2,1H3. The Balaban J connectivity index is 1.63. The van der Waals surface area contributed by atoms with Crippen molar-refractivity contribution in [2.24, 2.45) is 0 Å². The fourth-order valence-corrected chi connectivity index (χ4v) is 4.31. The molecule has 0 amide bonds. The molecule has 0 aliphatic carbocycles. The summed E-state index contributed by atoms with van der Waals surface area (Å²) in [6.45, 7) is 3.27. The number of hydrogen-bond donors (Lipinski definition) is 1. The van der Waals surface area contributed by atoms with Crippen molar-refractivity contribution in [3.05, 3.63) is 78.9 Å². The summed E-state index contributed by atoms with van der Waals surface area (Å²) in [5, 5.41) is 3.01. The zero-order valence-electron chi connectivity index (χ0n) is 16.5. The molecule has 154 valence electrons. The van der Waals surface area contributed by atoms with Gasteiger partial charge in [0, 0.05) is 31.0 Å². The van der Waals surface area contributed by atoms with Crippen molar-refractivity contribution in [3.8, 4) is 11.5 Å². The molecule has 0 spiro atoms. The molecule has 0 saturated heterocycles. The SMILES string of the molecule is Cc1ccc(-c2nc(S(=O)(=O)c3ccccc3)c(NCCCn3ccnc3)o2)cc1. The van der Waals surface area contributed by atoms with Crippen LogP contribution < -0.4 is 5.32 Å². The molecule has 7 nitrogen and oxygen atoms in total. The van der Waals surface area contributed by atoms with E-state index in [0.29, 0.717) is 6.54 Å². The summed E-state index contributed by atoms with van der Waals surface area (Å²) in [5.74, 6) is 0.418. The van der Waals surface area contributed by atoms with Crippen LogP contribution in [-0.2, 0) is 16.4 Å². The molecule has 0 aliphatic heterocycles. The second kappa shape index (κ2) is 8.54. The molecule has 4 aromatic rings. The summed E-state index contributed by atoms with van der Waals surface area (Å²) in [6, 6.07) is 15.8. The first kappa shape index (κ1) is 19.9. The molecule has 0 saturated carbocycles. The number of aryl methyl sites for hydroxylation is 2. The lowest BCUT2D eigenvalue weighted by Gasteiger charge is -2.06. The van der Waals surface area contributed by atoms with Crippen LogP contribution in [-0.4, -0.2) is 29.5 Å². The van der Waals surface area contributed by atoms with Crippen molar-refractivity contribution in [1.82, 2.24) is 14.5 Å². The van der Waals surface area contributed by atoms with Crippen LogP contribution in [0.25, 0.3) is 11.5 Å². The molecule has 0 fully saturated rings. The summed E-state index contributed by atoms with van der Waals surface area (Å²) in [6.07, 6.45) is 6.12. The van der Waals surface area contributed by atoms with E-state index in [1.165, 1.54) is 0 Å². The Morgan fingerprint density at radius 3 is 2.53 bits per heavy atom. The van der Waals surface area contributed by atoms with Crippen LogP contribution in [0.3, 0.4) is 0 Å². The van der Waals surface area contributed by atoms with Gasteiger partial charge in [0.05, 0.1) is 11.2 Å². The smallest absolute Gasteiger partial charge is 0.233 e. The zero-order chi connectivity index (χ0) is 21.0. The lowest BCUT2D eigenvalue weighted by Crippen LogP contribution is -2.09. The Hall–Kier alpha value is -3.39. The number of rotatable bonds is 8. The molecule has 2 aromatic heterocycles. The van der Waals surface area contributed by atoms with Gasteiger partial charge in [0.2, 0.25) is 26.6 Å². The molecular weight excluding hydrogens is 400 g/mol. The first-order valence-corrected chi connectivity index (χ1v) is 11.1. The van der Waals surface area contributed by atoms with Gasteiger partial charge in [-0.1, -0.05) is 35.9 Å². The highest BCUT2D eigenvalue weighted by atomic mass is 32.2. The Morgan fingerprint density at radius 1 is 1.07 bits per heavy atom. The molecule has 0 aliphatic rings. The minimum absolute atomic E-state index is 0.105. The van der Waals surface area contributed by atoms with Crippen LogP contribution in [0.15, 0.2) is 87.7 Å². The van der Waals surface area contributed by atoms with Gasteiger partial charge in [-0.2, -0.15) is 4.98 Å². The molecular formula is C22H22N4O3S. The van der Waals surface area contributed by atoms with Gasteiger partial charge in [0.25, 0.3) is 0 Å². The van der Waals surface area contributed by atoms with Gasteiger partial charge in [-0.05, 0) is 37.6 Å². The van der Waals surface area contributed by atoms with E-state index in [1.54, 1.807) is 42.9 Å². The van der Waals surface area contributed by atoms with Gasteiger partial charge in [-0.15, -0.1) is 0 Å². The normalized spacial score (nSPS) is 11.5. The van der Waals surface area contributed by atoms with Crippen LogP contribution >= 0.6 is 0 Å². The number of imidazole rings is 1. The van der Waals surface area contributed by atoms with Gasteiger partial charge in [0.1, 0.15) is 0 Å². The van der Waals surface area contributed by atoms with Gasteiger partial charge in [0.15, 0.2) is 0 Å². The first-order valence-electron chi connectivity index (χ1n) is 9.62. The zero-order valence-corrected chi connectivity index (χ0v) is 17.3. The van der Waals surface area contributed by atoms with Gasteiger partial charge < -0.3 is 14.3 Å².